The lowest BCUT2D eigenvalue weighted by Crippen LogP contribution is -2.35. The van der Waals surface area contributed by atoms with Crippen LogP contribution >= 0.6 is 0 Å². The Balaban J connectivity index is 1.57. The Kier molecular flexibility index (Phi) is 4.66. The van der Waals surface area contributed by atoms with E-state index in [9.17, 15) is 9.59 Å². The van der Waals surface area contributed by atoms with E-state index in [1.807, 2.05) is 53.4 Å². The van der Waals surface area contributed by atoms with Gasteiger partial charge in [-0.3, -0.25) is 14.6 Å². The fraction of sp³-hybridized carbons (Fsp3) is 0.136. The number of fused-ring (bicyclic) bond motifs is 1. The number of carbonyl (C=O) groups excluding carboxylic acids is 2. The molecule has 2 heterocycles. The Hall–Kier alpha value is -3.47. The van der Waals surface area contributed by atoms with Gasteiger partial charge in [-0.15, -0.1) is 0 Å². The SMILES string of the molecule is O=C(Nc1ccc2c(c1)CCCN2C(=O)c1ccccc1)c1cccnc1. The predicted octanol–water partition coefficient (Wildman–Crippen LogP) is 3.93. The number of benzene rings is 2. The minimum atomic E-state index is -0.198. The van der Waals surface area contributed by atoms with Gasteiger partial charge in [0.1, 0.15) is 0 Å². The Morgan fingerprint density at radius 3 is 2.56 bits per heavy atom. The standard InChI is InChI=1S/C22H19N3O2/c26-21(18-8-4-12-23-15-18)24-19-10-11-20-17(14-19)9-5-13-25(20)22(27)16-6-2-1-3-7-16/h1-4,6-8,10-12,14-15H,5,9,13H2,(H,24,26). The number of nitrogens with zero attached hydrogens (tertiary/aromatic N) is 2. The molecule has 1 N–H and O–H groups in total. The molecule has 134 valence electrons. The molecule has 0 fully saturated rings. The number of hydrogen-bond donors (Lipinski definition) is 1. The summed E-state index contributed by atoms with van der Waals surface area (Å²) in [5.41, 5.74) is 3.89. The van der Waals surface area contributed by atoms with Crippen molar-refractivity contribution in [2.75, 3.05) is 16.8 Å². The van der Waals surface area contributed by atoms with Crippen molar-refractivity contribution in [3.63, 3.8) is 0 Å². The molecule has 0 atom stereocenters. The largest absolute Gasteiger partial charge is 0.322 e. The topological polar surface area (TPSA) is 62.3 Å². The van der Waals surface area contributed by atoms with Gasteiger partial charge in [-0.2, -0.15) is 0 Å². The van der Waals surface area contributed by atoms with E-state index in [-0.39, 0.29) is 11.8 Å². The Morgan fingerprint density at radius 2 is 1.78 bits per heavy atom. The van der Waals surface area contributed by atoms with Crippen molar-refractivity contribution in [3.05, 3.63) is 89.7 Å². The van der Waals surface area contributed by atoms with Crippen LogP contribution in [0.15, 0.2) is 73.1 Å². The van der Waals surface area contributed by atoms with Crippen molar-refractivity contribution in [2.45, 2.75) is 12.8 Å². The quantitative estimate of drug-likeness (QED) is 0.773. The number of aromatic nitrogens is 1. The van der Waals surface area contributed by atoms with Crippen molar-refractivity contribution in [1.29, 1.82) is 0 Å². The molecule has 2 aromatic carbocycles. The van der Waals surface area contributed by atoms with E-state index in [2.05, 4.69) is 10.3 Å². The van der Waals surface area contributed by atoms with Crippen LogP contribution in [0.4, 0.5) is 11.4 Å². The molecule has 1 aliphatic heterocycles. The molecule has 0 saturated carbocycles. The first-order valence-electron chi connectivity index (χ1n) is 8.93. The zero-order valence-electron chi connectivity index (χ0n) is 14.8. The molecule has 5 heteroatoms. The van der Waals surface area contributed by atoms with Crippen LogP contribution in [0.3, 0.4) is 0 Å². The molecule has 0 spiro atoms. The fourth-order valence-corrected chi connectivity index (χ4v) is 3.32. The Bertz CT molecular complexity index is 971. The molecule has 0 radical (unpaired) electrons. The number of anilines is 2. The van der Waals surface area contributed by atoms with Crippen molar-refractivity contribution in [2.24, 2.45) is 0 Å². The molecular weight excluding hydrogens is 338 g/mol. The maximum atomic E-state index is 12.9. The molecule has 0 aliphatic carbocycles. The molecule has 1 aromatic heterocycles. The van der Waals surface area contributed by atoms with Crippen molar-refractivity contribution >= 4 is 23.2 Å². The van der Waals surface area contributed by atoms with Crippen molar-refractivity contribution in [3.8, 4) is 0 Å². The Morgan fingerprint density at radius 1 is 0.963 bits per heavy atom. The summed E-state index contributed by atoms with van der Waals surface area (Å²) in [5.74, 6) is -0.195. The first-order chi connectivity index (χ1) is 13.2. The Labute approximate surface area is 157 Å². The van der Waals surface area contributed by atoms with Gasteiger partial charge in [0.15, 0.2) is 0 Å². The number of rotatable bonds is 3. The van der Waals surface area contributed by atoms with E-state index in [0.29, 0.717) is 17.7 Å². The third kappa shape index (κ3) is 3.58. The molecule has 27 heavy (non-hydrogen) atoms. The second-order valence-electron chi connectivity index (χ2n) is 6.47. The summed E-state index contributed by atoms with van der Waals surface area (Å²) in [5, 5.41) is 2.90. The molecule has 1 aliphatic rings. The number of pyridine rings is 1. The molecule has 0 unspecified atom stereocenters. The first-order valence-corrected chi connectivity index (χ1v) is 8.93. The van der Waals surface area contributed by atoms with Gasteiger partial charge in [-0.25, -0.2) is 0 Å². The van der Waals surface area contributed by atoms with E-state index < -0.39 is 0 Å². The van der Waals surface area contributed by atoms with Gasteiger partial charge >= 0.3 is 0 Å². The van der Waals surface area contributed by atoms with Crippen LogP contribution in [0.5, 0.6) is 0 Å². The highest BCUT2D eigenvalue weighted by molar-refractivity contribution is 6.07. The molecule has 3 aromatic rings. The lowest BCUT2D eigenvalue weighted by Gasteiger charge is -2.30. The minimum absolute atomic E-state index is 0.00342. The van der Waals surface area contributed by atoms with Crippen LogP contribution in [-0.2, 0) is 6.42 Å². The monoisotopic (exact) mass is 357 g/mol. The average molecular weight is 357 g/mol. The van der Waals surface area contributed by atoms with Crippen LogP contribution in [0.25, 0.3) is 0 Å². The van der Waals surface area contributed by atoms with Crippen molar-refractivity contribution in [1.82, 2.24) is 4.98 Å². The maximum absolute atomic E-state index is 12.9. The van der Waals surface area contributed by atoms with Gasteiger partial charge in [-0.05, 0) is 60.9 Å². The van der Waals surface area contributed by atoms with Crippen LogP contribution in [0, 0.1) is 0 Å². The third-order valence-corrected chi connectivity index (χ3v) is 4.65. The average Bonchev–Trinajstić information content (AvgIpc) is 2.74. The second kappa shape index (κ2) is 7.41. The van der Waals surface area contributed by atoms with Gasteiger partial charge in [-0.1, -0.05) is 18.2 Å². The third-order valence-electron chi connectivity index (χ3n) is 4.65. The van der Waals surface area contributed by atoms with Crippen LogP contribution in [0.2, 0.25) is 0 Å². The van der Waals surface area contributed by atoms with Gasteiger partial charge in [0.25, 0.3) is 11.8 Å². The second-order valence-corrected chi connectivity index (χ2v) is 6.47. The summed E-state index contributed by atoms with van der Waals surface area (Å²) in [4.78, 5) is 31.0. The molecule has 4 rings (SSSR count). The highest BCUT2D eigenvalue weighted by Gasteiger charge is 2.23. The molecule has 0 bridgehead atoms. The lowest BCUT2D eigenvalue weighted by atomic mass is 10.00. The number of hydrogen-bond acceptors (Lipinski definition) is 3. The number of carbonyl (C=O) groups is 2. The number of amides is 2. The molecule has 2 amide bonds. The summed E-state index contributed by atoms with van der Waals surface area (Å²) in [7, 11) is 0. The fourth-order valence-electron chi connectivity index (χ4n) is 3.32. The zero-order valence-corrected chi connectivity index (χ0v) is 14.8. The summed E-state index contributed by atoms with van der Waals surface area (Å²) in [6, 6.07) is 18.5. The summed E-state index contributed by atoms with van der Waals surface area (Å²) in [6.07, 6.45) is 4.94. The van der Waals surface area contributed by atoms with E-state index in [4.69, 9.17) is 0 Å². The molecule has 5 nitrogen and oxygen atoms in total. The summed E-state index contributed by atoms with van der Waals surface area (Å²) in [6.45, 7) is 0.697. The number of nitrogens with one attached hydrogen (secondary N) is 1. The first kappa shape index (κ1) is 17.0. The van der Waals surface area contributed by atoms with Crippen molar-refractivity contribution < 1.29 is 9.59 Å². The van der Waals surface area contributed by atoms with Gasteiger partial charge < -0.3 is 10.2 Å². The normalized spacial score (nSPS) is 13.0. The van der Waals surface area contributed by atoms with Gasteiger partial charge in [0, 0.05) is 35.9 Å². The lowest BCUT2D eigenvalue weighted by molar-refractivity contribution is 0.0983. The minimum Gasteiger partial charge on any atom is -0.322 e. The van der Waals surface area contributed by atoms with E-state index in [1.54, 1.807) is 18.3 Å². The summed E-state index contributed by atoms with van der Waals surface area (Å²) >= 11 is 0. The highest BCUT2D eigenvalue weighted by Crippen LogP contribution is 2.31. The molecule has 0 saturated heterocycles. The molecular formula is C22H19N3O2. The van der Waals surface area contributed by atoms with E-state index in [1.165, 1.54) is 6.20 Å². The van der Waals surface area contributed by atoms with E-state index in [0.717, 1.165) is 29.8 Å². The van der Waals surface area contributed by atoms with Crippen LogP contribution < -0.4 is 10.2 Å². The van der Waals surface area contributed by atoms with Gasteiger partial charge in [0.05, 0.1) is 5.56 Å². The maximum Gasteiger partial charge on any atom is 0.258 e. The van der Waals surface area contributed by atoms with Crippen LogP contribution in [-0.4, -0.2) is 23.3 Å². The predicted molar refractivity (Wildman–Crippen MR) is 105 cm³/mol. The number of aryl methyl sites for hydroxylation is 1. The van der Waals surface area contributed by atoms with E-state index >= 15 is 0 Å². The highest BCUT2D eigenvalue weighted by atomic mass is 16.2. The smallest absolute Gasteiger partial charge is 0.258 e. The van der Waals surface area contributed by atoms with Gasteiger partial charge in [0.2, 0.25) is 0 Å². The zero-order chi connectivity index (χ0) is 18.6. The van der Waals surface area contributed by atoms with Crippen LogP contribution in [0.1, 0.15) is 32.7 Å². The summed E-state index contributed by atoms with van der Waals surface area (Å²) < 4.78 is 0.